The number of aliphatic hydroxyl groups excluding tert-OH is 1. The Balaban J connectivity index is 1.68. The van der Waals surface area contributed by atoms with Gasteiger partial charge in [0.15, 0.2) is 0 Å². The number of carboxylic acids is 1. The molecule has 0 aliphatic heterocycles. The Kier molecular flexibility index (Phi) is 3.65. The minimum Gasteiger partial charge on any atom is -0.481 e. The number of rotatable bonds is 1. The fourth-order valence-electron chi connectivity index (χ4n) is 7.70. The molecule has 4 aliphatic rings. The summed E-state index contributed by atoms with van der Waals surface area (Å²) in [4.78, 5) is 11.8. The molecule has 4 fully saturated rings. The van der Waals surface area contributed by atoms with Gasteiger partial charge in [-0.2, -0.15) is 0 Å². The summed E-state index contributed by atoms with van der Waals surface area (Å²) >= 11 is 0. The van der Waals surface area contributed by atoms with Gasteiger partial charge in [-0.1, -0.05) is 13.8 Å². The molecule has 3 unspecified atom stereocenters. The van der Waals surface area contributed by atoms with Crippen LogP contribution in [0.15, 0.2) is 0 Å². The first-order chi connectivity index (χ1) is 11.2. The SMILES string of the molecule is C[C@]12CCC(O)CC1CC[C@@H]1[C@H]2CC[C@]2(C)C(C(=O)O)CC[C@@]12N. The summed E-state index contributed by atoms with van der Waals surface area (Å²) in [7, 11) is 0. The van der Waals surface area contributed by atoms with Crippen LogP contribution in [0.1, 0.15) is 71.6 Å². The van der Waals surface area contributed by atoms with Crippen molar-refractivity contribution < 1.29 is 15.0 Å². The first-order valence-electron chi connectivity index (χ1n) is 9.92. The predicted octanol–water partition coefficient (Wildman–Crippen LogP) is 3.17. The van der Waals surface area contributed by atoms with Crippen LogP contribution in [0.25, 0.3) is 0 Å². The maximum atomic E-state index is 11.8. The van der Waals surface area contributed by atoms with Gasteiger partial charge in [-0.25, -0.2) is 0 Å². The highest BCUT2D eigenvalue weighted by Crippen LogP contribution is 2.68. The third-order valence-corrected chi connectivity index (χ3v) is 9.28. The molecule has 0 saturated heterocycles. The maximum absolute atomic E-state index is 11.8. The molecule has 0 amide bonds. The second kappa shape index (κ2) is 5.20. The minimum atomic E-state index is -0.649. The number of fused-ring (bicyclic) bond motifs is 5. The molecule has 0 radical (unpaired) electrons. The summed E-state index contributed by atoms with van der Waals surface area (Å²) in [5.41, 5.74) is 6.80. The van der Waals surface area contributed by atoms with Gasteiger partial charge in [-0.3, -0.25) is 4.79 Å². The van der Waals surface area contributed by atoms with Crippen molar-refractivity contribution in [3.8, 4) is 0 Å². The largest absolute Gasteiger partial charge is 0.481 e. The van der Waals surface area contributed by atoms with Crippen LogP contribution in [0.5, 0.6) is 0 Å². The van der Waals surface area contributed by atoms with E-state index >= 15 is 0 Å². The Morgan fingerprint density at radius 1 is 1.00 bits per heavy atom. The van der Waals surface area contributed by atoms with E-state index in [9.17, 15) is 15.0 Å². The monoisotopic (exact) mass is 335 g/mol. The molecule has 136 valence electrons. The van der Waals surface area contributed by atoms with Gasteiger partial charge in [-0.05, 0) is 86.4 Å². The molecular weight excluding hydrogens is 302 g/mol. The second-order valence-corrected chi connectivity index (χ2v) is 9.85. The number of carbonyl (C=O) groups is 1. The Morgan fingerprint density at radius 2 is 1.75 bits per heavy atom. The predicted molar refractivity (Wildman–Crippen MR) is 92.3 cm³/mol. The van der Waals surface area contributed by atoms with Gasteiger partial charge in [0.25, 0.3) is 0 Å². The fraction of sp³-hybridized carbons (Fsp3) is 0.950. The van der Waals surface area contributed by atoms with E-state index in [1.807, 2.05) is 0 Å². The molecule has 4 N–H and O–H groups in total. The number of aliphatic hydroxyl groups is 1. The van der Waals surface area contributed by atoms with Gasteiger partial charge in [0, 0.05) is 5.54 Å². The molecule has 4 rings (SSSR count). The second-order valence-electron chi connectivity index (χ2n) is 9.85. The van der Waals surface area contributed by atoms with Crippen molar-refractivity contribution in [1.82, 2.24) is 0 Å². The molecule has 4 saturated carbocycles. The van der Waals surface area contributed by atoms with E-state index in [0.717, 1.165) is 57.8 Å². The van der Waals surface area contributed by atoms with Crippen LogP contribution < -0.4 is 5.73 Å². The van der Waals surface area contributed by atoms with Gasteiger partial charge in [-0.15, -0.1) is 0 Å². The minimum absolute atomic E-state index is 0.122. The molecular formula is C20H33NO3. The maximum Gasteiger partial charge on any atom is 0.307 e. The summed E-state index contributed by atoms with van der Waals surface area (Å²) < 4.78 is 0. The average molecular weight is 335 g/mol. The molecule has 0 aromatic heterocycles. The van der Waals surface area contributed by atoms with Crippen molar-refractivity contribution in [3.05, 3.63) is 0 Å². The van der Waals surface area contributed by atoms with Crippen LogP contribution in [-0.4, -0.2) is 27.8 Å². The fourth-order valence-corrected chi connectivity index (χ4v) is 7.70. The number of hydrogen-bond acceptors (Lipinski definition) is 3. The molecule has 0 bridgehead atoms. The topological polar surface area (TPSA) is 83.5 Å². The molecule has 0 spiro atoms. The number of aliphatic carboxylic acids is 1. The van der Waals surface area contributed by atoms with Crippen LogP contribution in [0.2, 0.25) is 0 Å². The number of nitrogens with two attached hydrogens (primary N) is 1. The summed E-state index contributed by atoms with van der Waals surface area (Å²) in [6.45, 7) is 4.60. The van der Waals surface area contributed by atoms with Gasteiger partial charge < -0.3 is 15.9 Å². The average Bonchev–Trinajstić information content (AvgIpc) is 2.80. The van der Waals surface area contributed by atoms with Gasteiger partial charge in [0.2, 0.25) is 0 Å². The lowest BCUT2D eigenvalue weighted by Gasteiger charge is -2.64. The van der Waals surface area contributed by atoms with Crippen molar-refractivity contribution in [1.29, 1.82) is 0 Å². The zero-order chi connectivity index (χ0) is 17.3. The first-order valence-corrected chi connectivity index (χ1v) is 9.92. The zero-order valence-corrected chi connectivity index (χ0v) is 15.1. The molecule has 4 heteroatoms. The van der Waals surface area contributed by atoms with Crippen LogP contribution in [-0.2, 0) is 4.79 Å². The molecule has 0 heterocycles. The van der Waals surface area contributed by atoms with E-state index in [1.54, 1.807) is 0 Å². The highest BCUT2D eigenvalue weighted by molar-refractivity contribution is 5.72. The van der Waals surface area contributed by atoms with E-state index < -0.39 is 5.97 Å². The lowest BCUT2D eigenvalue weighted by atomic mass is 9.42. The molecule has 4 aliphatic carbocycles. The normalized spacial score (nSPS) is 56.9. The molecule has 4 nitrogen and oxygen atoms in total. The highest BCUT2D eigenvalue weighted by atomic mass is 16.4. The smallest absolute Gasteiger partial charge is 0.307 e. The van der Waals surface area contributed by atoms with E-state index in [2.05, 4.69) is 13.8 Å². The Morgan fingerprint density at radius 3 is 2.46 bits per heavy atom. The van der Waals surface area contributed by atoms with E-state index in [4.69, 9.17) is 5.73 Å². The Bertz CT molecular complexity index is 551. The Hall–Kier alpha value is -0.610. The standard InChI is InChI=1S/C20H33NO3/c1-18-8-5-13(22)11-12(18)3-4-15-14(18)6-9-19(2)16(17(23)24)7-10-20(15,19)21/h12-16,22H,3-11,21H2,1-2H3,(H,23,24)/t12?,13?,14-,15-,16?,18+,19-,20-/m1/s1. The molecule has 24 heavy (non-hydrogen) atoms. The molecule has 0 aromatic rings. The van der Waals surface area contributed by atoms with Gasteiger partial charge in [0.1, 0.15) is 0 Å². The van der Waals surface area contributed by atoms with Crippen LogP contribution >= 0.6 is 0 Å². The molecule has 0 aromatic carbocycles. The van der Waals surface area contributed by atoms with Crippen molar-refractivity contribution in [2.24, 2.45) is 40.2 Å². The van der Waals surface area contributed by atoms with Crippen LogP contribution in [0.3, 0.4) is 0 Å². The summed E-state index contributed by atoms with van der Waals surface area (Å²) in [5, 5.41) is 19.8. The van der Waals surface area contributed by atoms with E-state index in [0.29, 0.717) is 17.8 Å². The van der Waals surface area contributed by atoms with Gasteiger partial charge >= 0.3 is 5.97 Å². The molecule has 8 atom stereocenters. The lowest BCUT2D eigenvalue weighted by Crippen LogP contribution is -2.66. The van der Waals surface area contributed by atoms with Crippen LogP contribution in [0.4, 0.5) is 0 Å². The van der Waals surface area contributed by atoms with Crippen molar-refractivity contribution in [3.63, 3.8) is 0 Å². The Labute approximate surface area is 145 Å². The summed E-state index contributed by atoms with van der Waals surface area (Å²) in [5.74, 6) is 0.754. The summed E-state index contributed by atoms with van der Waals surface area (Å²) in [6.07, 6.45) is 8.81. The van der Waals surface area contributed by atoms with E-state index in [1.165, 1.54) is 0 Å². The van der Waals surface area contributed by atoms with E-state index in [-0.39, 0.29) is 28.4 Å². The number of carboxylic acid groups (broad SMARTS) is 1. The van der Waals surface area contributed by atoms with Crippen molar-refractivity contribution in [2.45, 2.75) is 83.3 Å². The summed E-state index contributed by atoms with van der Waals surface area (Å²) in [6, 6.07) is 0. The van der Waals surface area contributed by atoms with Crippen LogP contribution in [0, 0.1) is 34.5 Å². The quantitative estimate of drug-likeness (QED) is 0.687. The third kappa shape index (κ3) is 1.96. The highest BCUT2D eigenvalue weighted by Gasteiger charge is 2.67. The first kappa shape index (κ1) is 16.8. The number of hydrogen-bond donors (Lipinski definition) is 3. The lowest BCUT2D eigenvalue weighted by molar-refractivity contribution is -0.157. The third-order valence-electron chi connectivity index (χ3n) is 9.28. The van der Waals surface area contributed by atoms with Crippen molar-refractivity contribution in [2.75, 3.05) is 0 Å². The zero-order valence-electron chi connectivity index (χ0n) is 15.1. The van der Waals surface area contributed by atoms with Crippen molar-refractivity contribution >= 4 is 5.97 Å². The van der Waals surface area contributed by atoms with Gasteiger partial charge in [0.05, 0.1) is 12.0 Å².